The van der Waals surface area contributed by atoms with Gasteiger partial charge in [0.15, 0.2) is 0 Å². The zero-order valence-electron chi connectivity index (χ0n) is 10.5. The third-order valence-electron chi connectivity index (χ3n) is 3.84. The highest BCUT2D eigenvalue weighted by Crippen LogP contribution is 2.33. The van der Waals surface area contributed by atoms with Crippen LogP contribution in [0.1, 0.15) is 37.0 Å². The van der Waals surface area contributed by atoms with Crippen LogP contribution in [0.4, 0.5) is 5.82 Å². The van der Waals surface area contributed by atoms with Crippen LogP contribution in [0.15, 0.2) is 12.1 Å². The second kappa shape index (κ2) is 5.14. The number of rotatable bonds is 3. The number of halogens is 1. The monoisotopic (exact) mass is 268 g/mol. The molecule has 1 aromatic heterocycles. The van der Waals surface area contributed by atoms with Gasteiger partial charge in [0.2, 0.25) is 0 Å². The quantitative estimate of drug-likeness (QED) is 0.826. The molecule has 0 spiro atoms. The second-order valence-electron chi connectivity index (χ2n) is 5.03. The summed E-state index contributed by atoms with van der Waals surface area (Å²) in [6.45, 7) is 4.44. The lowest BCUT2D eigenvalue weighted by molar-refractivity contribution is 0.0697. The molecule has 2 N–H and O–H groups in total. The van der Waals surface area contributed by atoms with E-state index >= 15 is 0 Å². The number of nitrogens with zero attached hydrogens (tertiary/aromatic N) is 1. The Morgan fingerprint density at radius 1 is 1.44 bits per heavy atom. The molecule has 1 aliphatic rings. The van der Waals surface area contributed by atoms with Crippen molar-refractivity contribution < 1.29 is 9.90 Å². The second-order valence-corrected chi connectivity index (χ2v) is 5.42. The first-order valence-electron chi connectivity index (χ1n) is 6.15. The summed E-state index contributed by atoms with van der Waals surface area (Å²) >= 11 is 5.83. The zero-order valence-corrected chi connectivity index (χ0v) is 11.2. The number of aromatic carboxylic acids is 1. The maximum atomic E-state index is 10.9. The Hall–Kier alpha value is -1.29. The van der Waals surface area contributed by atoms with Gasteiger partial charge in [-0.1, -0.05) is 25.4 Å². The zero-order chi connectivity index (χ0) is 13.3. The van der Waals surface area contributed by atoms with Crippen molar-refractivity contribution in [2.75, 3.05) is 5.32 Å². The van der Waals surface area contributed by atoms with Gasteiger partial charge in [0.25, 0.3) is 0 Å². The van der Waals surface area contributed by atoms with Crippen molar-refractivity contribution in [1.29, 1.82) is 0 Å². The van der Waals surface area contributed by atoms with E-state index in [0.29, 0.717) is 23.7 Å². The minimum Gasteiger partial charge on any atom is -0.478 e. The molecule has 1 aliphatic carbocycles. The number of anilines is 1. The van der Waals surface area contributed by atoms with E-state index in [-0.39, 0.29) is 10.7 Å². The van der Waals surface area contributed by atoms with E-state index in [4.69, 9.17) is 16.7 Å². The highest BCUT2D eigenvalue weighted by molar-refractivity contribution is 6.29. The lowest BCUT2D eigenvalue weighted by atomic mass is 9.98. The molecule has 0 aliphatic heterocycles. The molecule has 2 rings (SSSR count). The van der Waals surface area contributed by atoms with Crippen LogP contribution in [-0.2, 0) is 0 Å². The number of hydrogen-bond donors (Lipinski definition) is 2. The summed E-state index contributed by atoms with van der Waals surface area (Å²) in [6, 6.07) is 3.23. The molecule has 5 heteroatoms. The Morgan fingerprint density at radius 3 is 2.72 bits per heavy atom. The Bertz CT molecular complexity index is 464. The molecule has 0 saturated heterocycles. The Morgan fingerprint density at radius 2 is 2.17 bits per heavy atom. The molecule has 0 aromatic carbocycles. The maximum Gasteiger partial charge on any atom is 0.335 e. The van der Waals surface area contributed by atoms with Gasteiger partial charge in [-0.2, -0.15) is 0 Å². The van der Waals surface area contributed by atoms with Gasteiger partial charge in [-0.25, -0.2) is 9.78 Å². The Balaban J connectivity index is 2.16. The third kappa shape index (κ3) is 2.75. The Kier molecular flexibility index (Phi) is 3.76. The van der Waals surface area contributed by atoms with Crippen LogP contribution in [0.25, 0.3) is 0 Å². The van der Waals surface area contributed by atoms with E-state index in [1.807, 2.05) is 0 Å². The SMILES string of the molecule is CC1CCC(Nc2cc(C(=O)O)cc(Cl)n2)C1C. The summed E-state index contributed by atoms with van der Waals surface area (Å²) in [5.41, 5.74) is 0.163. The van der Waals surface area contributed by atoms with Gasteiger partial charge in [-0.05, 0) is 36.8 Å². The number of aromatic nitrogens is 1. The largest absolute Gasteiger partial charge is 0.478 e. The fraction of sp³-hybridized carbons (Fsp3) is 0.538. The van der Waals surface area contributed by atoms with Crippen molar-refractivity contribution in [3.05, 3.63) is 22.8 Å². The van der Waals surface area contributed by atoms with E-state index in [2.05, 4.69) is 24.1 Å². The molecular formula is C13H17ClN2O2. The molecule has 1 fully saturated rings. The summed E-state index contributed by atoms with van der Waals surface area (Å²) < 4.78 is 0. The standard InChI is InChI=1S/C13H17ClN2O2/c1-7-3-4-10(8(7)2)15-12-6-9(13(17)18)5-11(14)16-12/h5-8,10H,3-4H2,1-2H3,(H,15,16)(H,17,18). The fourth-order valence-corrected chi connectivity index (χ4v) is 2.66. The first kappa shape index (κ1) is 13.1. The van der Waals surface area contributed by atoms with Gasteiger partial charge < -0.3 is 10.4 Å². The first-order chi connectivity index (χ1) is 8.47. The molecule has 3 atom stereocenters. The summed E-state index contributed by atoms with van der Waals surface area (Å²) in [7, 11) is 0. The van der Waals surface area contributed by atoms with Crippen molar-refractivity contribution in [2.24, 2.45) is 11.8 Å². The minimum atomic E-state index is -0.991. The van der Waals surface area contributed by atoms with Crippen LogP contribution < -0.4 is 5.32 Å². The van der Waals surface area contributed by atoms with Crippen molar-refractivity contribution in [1.82, 2.24) is 4.98 Å². The average molecular weight is 269 g/mol. The van der Waals surface area contributed by atoms with Crippen molar-refractivity contribution in [3.8, 4) is 0 Å². The van der Waals surface area contributed by atoms with Gasteiger partial charge in [0.1, 0.15) is 11.0 Å². The number of nitrogens with one attached hydrogen (secondary N) is 1. The predicted octanol–water partition coefficient (Wildman–Crippen LogP) is 3.28. The predicted molar refractivity (Wildman–Crippen MR) is 71.2 cm³/mol. The topological polar surface area (TPSA) is 62.2 Å². The van der Waals surface area contributed by atoms with E-state index in [0.717, 1.165) is 6.42 Å². The molecule has 98 valence electrons. The van der Waals surface area contributed by atoms with E-state index < -0.39 is 5.97 Å². The lowest BCUT2D eigenvalue weighted by Gasteiger charge is -2.20. The molecule has 1 heterocycles. The van der Waals surface area contributed by atoms with Crippen molar-refractivity contribution >= 4 is 23.4 Å². The number of pyridine rings is 1. The lowest BCUT2D eigenvalue weighted by Crippen LogP contribution is -2.24. The molecule has 0 bridgehead atoms. The van der Waals surface area contributed by atoms with Crippen LogP contribution in [0.3, 0.4) is 0 Å². The molecule has 4 nitrogen and oxygen atoms in total. The van der Waals surface area contributed by atoms with Crippen molar-refractivity contribution in [3.63, 3.8) is 0 Å². The Labute approximate surface area is 111 Å². The highest BCUT2D eigenvalue weighted by atomic mass is 35.5. The average Bonchev–Trinajstić information content (AvgIpc) is 2.60. The van der Waals surface area contributed by atoms with Gasteiger partial charge in [0.05, 0.1) is 5.56 Å². The van der Waals surface area contributed by atoms with Crippen LogP contribution in [0, 0.1) is 11.8 Å². The number of hydrogen-bond acceptors (Lipinski definition) is 3. The summed E-state index contributed by atoms with van der Waals surface area (Å²) in [6.07, 6.45) is 2.27. The number of carboxylic acids is 1. The minimum absolute atomic E-state index is 0.163. The summed E-state index contributed by atoms with van der Waals surface area (Å²) in [5.74, 6) is 0.792. The van der Waals surface area contributed by atoms with Gasteiger partial charge in [-0.15, -0.1) is 0 Å². The van der Waals surface area contributed by atoms with Crippen LogP contribution >= 0.6 is 11.6 Å². The smallest absolute Gasteiger partial charge is 0.335 e. The molecule has 3 unspecified atom stereocenters. The highest BCUT2D eigenvalue weighted by Gasteiger charge is 2.29. The van der Waals surface area contributed by atoms with Crippen molar-refractivity contribution in [2.45, 2.75) is 32.7 Å². The van der Waals surface area contributed by atoms with E-state index in [1.54, 1.807) is 0 Å². The fourth-order valence-electron chi connectivity index (χ4n) is 2.45. The maximum absolute atomic E-state index is 10.9. The van der Waals surface area contributed by atoms with Gasteiger partial charge >= 0.3 is 5.97 Å². The molecule has 0 amide bonds. The number of carbonyl (C=O) groups is 1. The van der Waals surface area contributed by atoms with E-state index in [9.17, 15) is 4.79 Å². The van der Waals surface area contributed by atoms with Crippen LogP contribution in [0.5, 0.6) is 0 Å². The first-order valence-corrected chi connectivity index (χ1v) is 6.52. The molecule has 18 heavy (non-hydrogen) atoms. The summed E-state index contributed by atoms with van der Waals surface area (Å²) in [4.78, 5) is 15.1. The molecule has 1 aromatic rings. The summed E-state index contributed by atoms with van der Waals surface area (Å²) in [5, 5.41) is 12.5. The third-order valence-corrected chi connectivity index (χ3v) is 4.03. The molecule has 0 radical (unpaired) electrons. The number of carboxylic acid groups (broad SMARTS) is 1. The van der Waals surface area contributed by atoms with Crippen LogP contribution in [-0.4, -0.2) is 22.1 Å². The molecular weight excluding hydrogens is 252 g/mol. The van der Waals surface area contributed by atoms with E-state index in [1.165, 1.54) is 18.6 Å². The van der Waals surface area contributed by atoms with Crippen LogP contribution in [0.2, 0.25) is 5.15 Å². The van der Waals surface area contributed by atoms with Gasteiger partial charge in [0, 0.05) is 6.04 Å². The van der Waals surface area contributed by atoms with Gasteiger partial charge in [-0.3, -0.25) is 0 Å². The normalized spacial score (nSPS) is 27.2. The molecule has 1 saturated carbocycles.